The van der Waals surface area contributed by atoms with Crippen molar-refractivity contribution in [3.8, 4) is 28.7 Å². The molecule has 2 aliphatic rings. The van der Waals surface area contributed by atoms with Gasteiger partial charge in [-0.3, -0.25) is 0 Å². The first-order valence-corrected chi connectivity index (χ1v) is 12.6. The van der Waals surface area contributed by atoms with Crippen molar-refractivity contribution in [2.45, 2.75) is 43.2 Å². The summed E-state index contributed by atoms with van der Waals surface area (Å²) in [5.41, 5.74) is 1.59. The van der Waals surface area contributed by atoms with Gasteiger partial charge in [0.1, 0.15) is 24.4 Å². The van der Waals surface area contributed by atoms with Gasteiger partial charge in [-0.1, -0.05) is 6.07 Å². The monoisotopic (exact) mass is 552 g/mol. The number of methoxy groups -OCH3 is 3. The summed E-state index contributed by atoms with van der Waals surface area (Å²) in [5, 5.41) is 60.2. The summed E-state index contributed by atoms with van der Waals surface area (Å²) >= 11 is 0. The summed E-state index contributed by atoms with van der Waals surface area (Å²) < 4.78 is 33.7. The van der Waals surface area contributed by atoms with E-state index < -0.39 is 43.4 Å². The Morgan fingerprint density at radius 3 is 2.10 bits per heavy atom. The first-order valence-electron chi connectivity index (χ1n) is 12.6. The number of hydrogen-bond acceptors (Lipinski definition) is 12. The second-order valence-electron chi connectivity index (χ2n) is 9.64. The number of phenolic OH excluding ortho intramolecular Hbond substituents is 1. The van der Waals surface area contributed by atoms with Crippen LogP contribution in [0.3, 0.4) is 0 Å². The summed E-state index contributed by atoms with van der Waals surface area (Å²) in [6.07, 6.45) is -7.25. The smallest absolute Gasteiger partial charge is 0.229 e. The molecule has 2 fully saturated rings. The minimum absolute atomic E-state index is 0.0312. The van der Waals surface area contributed by atoms with Crippen molar-refractivity contribution in [1.82, 2.24) is 0 Å². The third kappa shape index (κ3) is 5.87. The standard InChI is InChI=1S/C27H36O12/c1-34-18-7-13(4-5-17(18)30)6-15-12-37-25(16(15)10-28)14-8-19(35-2)26(20(9-14)36-3)39-27-24(33)23(32)22(31)21(11-29)38-27/h4-5,7-9,15-16,21-25,27-33H,6,10-12H2,1-3H3/t15-,16-,21+,22+,23-,24+,25+,27-/m0/s1. The van der Waals surface area contributed by atoms with Gasteiger partial charge < -0.3 is 59.1 Å². The lowest BCUT2D eigenvalue weighted by Gasteiger charge is -2.39. The first kappa shape index (κ1) is 29.2. The zero-order valence-electron chi connectivity index (χ0n) is 22.0. The molecule has 0 unspecified atom stereocenters. The molecule has 0 saturated carbocycles. The Kier molecular flexibility index (Phi) is 9.39. The molecule has 0 amide bonds. The highest BCUT2D eigenvalue weighted by molar-refractivity contribution is 5.54. The molecular weight excluding hydrogens is 516 g/mol. The lowest BCUT2D eigenvalue weighted by molar-refractivity contribution is -0.277. The molecule has 39 heavy (non-hydrogen) atoms. The van der Waals surface area contributed by atoms with Crippen LogP contribution in [0.4, 0.5) is 0 Å². The molecule has 2 aromatic rings. The van der Waals surface area contributed by atoms with E-state index in [1.807, 2.05) is 0 Å². The highest BCUT2D eigenvalue weighted by Gasteiger charge is 2.45. The van der Waals surface area contributed by atoms with Gasteiger partial charge in [0, 0.05) is 12.5 Å². The summed E-state index contributed by atoms with van der Waals surface area (Å²) in [7, 11) is 4.31. The van der Waals surface area contributed by atoms with E-state index in [0.29, 0.717) is 24.3 Å². The van der Waals surface area contributed by atoms with Gasteiger partial charge in [0.15, 0.2) is 23.0 Å². The molecule has 2 saturated heterocycles. The van der Waals surface area contributed by atoms with Crippen LogP contribution in [-0.4, -0.2) is 102 Å². The number of phenols is 1. The van der Waals surface area contributed by atoms with E-state index in [4.69, 9.17) is 28.4 Å². The largest absolute Gasteiger partial charge is 0.504 e. The predicted molar refractivity (Wildman–Crippen MR) is 135 cm³/mol. The van der Waals surface area contributed by atoms with E-state index in [2.05, 4.69) is 0 Å². The number of aliphatic hydroxyl groups is 5. The summed E-state index contributed by atoms with van der Waals surface area (Å²) in [5.74, 6) is 0.618. The molecule has 0 bridgehead atoms. The highest BCUT2D eigenvalue weighted by Crippen LogP contribution is 2.47. The van der Waals surface area contributed by atoms with Crippen LogP contribution in [0.15, 0.2) is 30.3 Å². The van der Waals surface area contributed by atoms with Crippen molar-refractivity contribution < 1.29 is 59.1 Å². The Morgan fingerprint density at radius 1 is 0.846 bits per heavy atom. The summed E-state index contributed by atoms with van der Waals surface area (Å²) in [6, 6.07) is 8.47. The fourth-order valence-corrected chi connectivity index (χ4v) is 5.13. The average molecular weight is 553 g/mol. The van der Waals surface area contributed by atoms with E-state index in [-0.39, 0.29) is 41.4 Å². The Morgan fingerprint density at radius 2 is 1.51 bits per heavy atom. The molecule has 216 valence electrons. The second kappa shape index (κ2) is 12.6. The normalized spacial score (nSPS) is 30.7. The van der Waals surface area contributed by atoms with Crippen LogP contribution in [0, 0.1) is 11.8 Å². The predicted octanol–water partition coefficient (Wildman–Crippen LogP) is 0.135. The van der Waals surface area contributed by atoms with Crippen LogP contribution < -0.4 is 18.9 Å². The Labute approximate surface area is 225 Å². The molecule has 12 nitrogen and oxygen atoms in total. The lowest BCUT2D eigenvalue weighted by Crippen LogP contribution is -2.60. The van der Waals surface area contributed by atoms with Crippen LogP contribution in [0.1, 0.15) is 17.2 Å². The van der Waals surface area contributed by atoms with Crippen LogP contribution in [0.2, 0.25) is 0 Å². The van der Waals surface area contributed by atoms with Gasteiger partial charge in [-0.2, -0.15) is 0 Å². The minimum atomic E-state index is -1.62. The van der Waals surface area contributed by atoms with Gasteiger partial charge in [0.05, 0.1) is 40.6 Å². The van der Waals surface area contributed by atoms with Crippen molar-refractivity contribution in [1.29, 1.82) is 0 Å². The maximum Gasteiger partial charge on any atom is 0.229 e. The lowest BCUT2D eigenvalue weighted by atomic mass is 9.84. The quantitative estimate of drug-likeness (QED) is 0.235. The Hall–Kier alpha value is -2.84. The number of aliphatic hydroxyl groups excluding tert-OH is 5. The molecule has 8 atom stereocenters. The fourth-order valence-electron chi connectivity index (χ4n) is 5.13. The molecule has 6 N–H and O–H groups in total. The van der Waals surface area contributed by atoms with Gasteiger partial charge in [-0.05, 0) is 47.7 Å². The van der Waals surface area contributed by atoms with Crippen LogP contribution in [0.5, 0.6) is 28.7 Å². The molecule has 2 heterocycles. The molecule has 0 aromatic heterocycles. The Balaban J connectivity index is 1.57. The minimum Gasteiger partial charge on any atom is -0.504 e. The zero-order valence-corrected chi connectivity index (χ0v) is 22.0. The van der Waals surface area contributed by atoms with Crippen molar-refractivity contribution in [3.63, 3.8) is 0 Å². The number of aromatic hydroxyl groups is 1. The van der Waals surface area contributed by atoms with Crippen molar-refractivity contribution >= 4 is 0 Å². The third-order valence-electron chi connectivity index (χ3n) is 7.33. The summed E-state index contributed by atoms with van der Waals surface area (Å²) in [6.45, 7) is -0.358. The van der Waals surface area contributed by atoms with E-state index in [0.717, 1.165) is 5.56 Å². The molecule has 12 heteroatoms. The third-order valence-corrected chi connectivity index (χ3v) is 7.33. The molecule has 0 aliphatic carbocycles. The molecule has 0 radical (unpaired) electrons. The van der Waals surface area contributed by atoms with Gasteiger partial charge >= 0.3 is 0 Å². The van der Waals surface area contributed by atoms with Gasteiger partial charge in [-0.15, -0.1) is 0 Å². The number of benzene rings is 2. The molecule has 2 aliphatic heterocycles. The maximum absolute atomic E-state index is 10.4. The molecule has 2 aromatic carbocycles. The average Bonchev–Trinajstić information content (AvgIpc) is 3.36. The topological polar surface area (TPSA) is 177 Å². The van der Waals surface area contributed by atoms with Crippen LogP contribution >= 0.6 is 0 Å². The van der Waals surface area contributed by atoms with Gasteiger partial charge in [0.25, 0.3) is 0 Å². The van der Waals surface area contributed by atoms with Crippen molar-refractivity contribution in [2.75, 3.05) is 41.2 Å². The number of ether oxygens (including phenoxy) is 6. The SMILES string of the molecule is COc1cc(C[C@H]2CO[C@H](c3cc(OC)c(O[C@@H]4O[C@H](CO)[C@@H](O)[C@H](O)[C@H]4O)c(OC)c3)[C@H]2CO)ccc1O. The molecule has 4 rings (SSSR count). The van der Waals surface area contributed by atoms with Crippen molar-refractivity contribution in [3.05, 3.63) is 41.5 Å². The maximum atomic E-state index is 10.4. The van der Waals surface area contributed by atoms with Gasteiger partial charge in [-0.25, -0.2) is 0 Å². The number of rotatable bonds is 10. The zero-order chi connectivity index (χ0) is 28.3. The fraction of sp³-hybridized carbons (Fsp3) is 0.556. The van der Waals surface area contributed by atoms with Crippen LogP contribution in [0.25, 0.3) is 0 Å². The number of hydrogen-bond donors (Lipinski definition) is 6. The summed E-state index contributed by atoms with van der Waals surface area (Å²) in [4.78, 5) is 0. The van der Waals surface area contributed by atoms with E-state index >= 15 is 0 Å². The van der Waals surface area contributed by atoms with Crippen LogP contribution in [-0.2, 0) is 15.9 Å². The molecular formula is C27H36O12. The first-order chi connectivity index (χ1) is 18.8. The Bertz CT molecular complexity index is 1080. The highest BCUT2D eigenvalue weighted by atomic mass is 16.7. The van der Waals surface area contributed by atoms with Gasteiger partial charge in [0.2, 0.25) is 12.0 Å². The van der Waals surface area contributed by atoms with Crippen molar-refractivity contribution in [2.24, 2.45) is 11.8 Å². The van der Waals surface area contributed by atoms with E-state index in [9.17, 15) is 30.6 Å². The van der Waals surface area contributed by atoms with E-state index in [1.165, 1.54) is 21.3 Å². The second-order valence-corrected chi connectivity index (χ2v) is 9.64. The molecule has 0 spiro atoms. The van der Waals surface area contributed by atoms with E-state index in [1.54, 1.807) is 30.3 Å².